The molecule has 0 aliphatic carbocycles. The van der Waals surface area contributed by atoms with Gasteiger partial charge in [0, 0.05) is 11.6 Å². The molecule has 0 fully saturated rings. The topological polar surface area (TPSA) is 68.0 Å². The molecule has 0 bridgehead atoms. The molecular weight excluding hydrogens is 358 g/mol. The molecule has 0 aliphatic heterocycles. The zero-order valence-electron chi connectivity index (χ0n) is 15.5. The molecule has 0 unspecified atom stereocenters. The van der Waals surface area contributed by atoms with Crippen LogP contribution in [0.3, 0.4) is 0 Å². The molecule has 1 N–H and O–H groups in total. The largest absolute Gasteiger partial charge is 0.411 e. The molecule has 3 aromatic rings. The molecule has 3 rings (SSSR count). The number of aryl methyl sites for hydroxylation is 2. The van der Waals surface area contributed by atoms with Gasteiger partial charge < -0.3 is 9.73 Å². The SMILES string of the molecule is Cc1ccccc1-c1nnc(SCC(=O)N[C@H](C)CCc2ccccc2)o1. The van der Waals surface area contributed by atoms with Gasteiger partial charge in [-0.25, -0.2) is 0 Å². The predicted octanol–water partition coefficient (Wildman–Crippen LogP) is 4.27. The van der Waals surface area contributed by atoms with Crippen LogP contribution in [0.4, 0.5) is 0 Å². The molecule has 6 heteroatoms. The molecule has 27 heavy (non-hydrogen) atoms. The highest BCUT2D eigenvalue weighted by Gasteiger charge is 2.13. The van der Waals surface area contributed by atoms with E-state index in [4.69, 9.17) is 4.42 Å². The van der Waals surface area contributed by atoms with Crippen LogP contribution in [0.25, 0.3) is 11.5 Å². The standard InChI is InChI=1S/C21H23N3O2S/c1-15-8-6-7-11-18(15)20-23-24-21(26-20)27-14-19(25)22-16(2)12-13-17-9-4-3-5-10-17/h3-11,16H,12-14H2,1-2H3,(H,22,25)/t16-/m1/s1. The summed E-state index contributed by atoms with van der Waals surface area (Å²) in [4.78, 5) is 12.1. The number of hydrogen-bond acceptors (Lipinski definition) is 5. The van der Waals surface area contributed by atoms with Crippen LogP contribution in [0.15, 0.2) is 64.2 Å². The summed E-state index contributed by atoms with van der Waals surface area (Å²) in [6.07, 6.45) is 1.84. The second-order valence-corrected chi connectivity index (χ2v) is 7.40. The number of benzene rings is 2. The van der Waals surface area contributed by atoms with Crippen LogP contribution < -0.4 is 5.32 Å². The van der Waals surface area contributed by atoms with Gasteiger partial charge in [-0.15, -0.1) is 10.2 Å². The Bertz CT molecular complexity index is 880. The first-order chi connectivity index (χ1) is 13.1. The van der Waals surface area contributed by atoms with Gasteiger partial charge >= 0.3 is 0 Å². The van der Waals surface area contributed by atoms with Gasteiger partial charge in [-0.2, -0.15) is 0 Å². The lowest BCUT2D eigenvalue weighted by atomic mass is 10.1. The van der Waals surface area contributed by atoms with Crippen molar-refractivity contribution in [3.05, 3.63) is 65.7 Å². The molecule has 140 valence electrons. The normalized spacial score (nSPS) is 11.9. The molecule has 0 spiro atoms. The minimum absolute atomic E-state index is 0.0313. The molecule has 0 saturated heterocycles. The lowest BCUT2D eigenvalue weighted by molar-refractivity contribution is -0.119. The monoisotopic (exact) mass is 381 g/mol. The Labute approximate surface area is 163 Å². The molecule has 2 aromatic carbocycles. The van der Waals surface area contributed by atoms with E-state index in [0.29, 0.717) is 11.1 Å². The van der Waals surface area contributed by atoms with E-state index in [1.54, 1.807) is 0 Å². The molecular formula is C21H23N3O2S. The molecule has 1 atom stereocenters. The van der Waals surface area contributed by atoms with Crippen LogP contribution in [0.5, 0.6) is 0 Å². The number of rotatable bonds is 8. The highest BCUT2D eigenvalue weighted by Crippen LogP contribution is 2.25. The lowest BCUT2D eigenvalue weighted by Crippen LogP contribution is -2.34. The predicted molar refractivity (Wildman–Crippen MR) is 108 cm³/mol. The van der Waals surface area contributed by atoms with Gasteiger partial charge in [-0.1, -0.05) is 60.3 Å². The van der Waals surface area contributed by atoms with E-state index in [1.807, 2.05) is 56.3 Å². The van der Waals surface area contributed by atoms with Crippen LogP contribution in [0.1, 0.15) is 24.5 Å². The third-order valence-electron chi connectivity index (χ3n) is 4.22. The van der Waals surface area contributed by atoms with Crippen molar-refractivity contribution in [2.45, 2.75) is 38.0 Å². The van der Waals surface area contributed by atoms with Gasteiger partial charge in [0.2, 0.25) is 11.8 Å². The maximum Gasteiger partial charge on any atom is 0.277 e. The zero-order valence-corrected chi connectivity index (χ0v) is 16.3. The molecule has 0 saturated carbocycles. The van der Waals surface area contributed by atoms with Crippen molar-refractivity contribution in [1.29, 1.82) is 0 Å². The highest BCUT2D eigenvalue weighted by molar-refractivity contribution is 7.99. The van der Waals surface area contributed by atoms with E-state index < -0.39 is 0 Å². The number of aromatic nitrogens is 2. The van der Waals surface area contributed by atoms with E-state index in [9.17, 15) is 4.79 Å². The van der Waals surface area contributed by atoms with Crippen molar-refractivity contribution in [3.63, 3.8) is 0 Å². The summed E-state index contributed by atoms with van der Waals surface area (Å²) >= 11 is 1.25. The second-order valence-electron chi connectivity index (χ2n) is 6.47. The minimum Gasteiger partial charge on any atom is -0.411 e. The number of nitrogens with zero attached hydrogens (tertiary/aromatic N) is 2. The third-order valence-corrected chi connectivity index (χ3v) is 5.04. The summed E-state index contributed by atoms with van der Waals surface area (Å²) in [6, 6.07) is 18.2. The first-order valence-corrected chi connectivity index (χ1v) is 9.96. The molecule has 5 nitrogen and oxygen atoms in total. The van der Waals surface area contributed by atoms with Crippen molar-refractivity contribution >= 4 is 17.7 Å². The summed E-state index contributed by atoms with van der Waals surface area (Å²) in [7, 11) is 0. The average molecular weight is 382 g/mol. The summed E-state index contributed by atoms with van der Waals surface area (Å²) in [5.41, 5.74) is 3.26. The maximum absolute atomic E-state index is 12.1. The van der Waals surface area contributed by atoms with Crippen LogP contribution in [-0.4, -0.2) is 27.9 Å². The second kappa shape index (κ2) is 9.37. The molecule has 0 aliphatic rings. The fourth-order valence-electron chi connectivity index (χ4n) is 2.73. The fourth-order valence-corrected chi connectivity index (χ4v) is 3.31. The fraction of sp³-hybridized carbons (Fsp3) is 0.286. The molecule has 0 radical (unpaired) electrons. The van der Waals surface area contributed by atoms with Crippen LogP contribution in [0.2, 0.25) is 0 Å². The Morgan fingerprint density at radius 3 is 2.63 bits per heavy atom. The smallest absolute Gasteiger partial charge is 0.277 e. The van der Waals surface area contributed by atoms with Gasteiger partial charge in [0.05, 0.1) is 5.75 Å². The number of carbonyl (C=O) groups excluding carboxylic acids is 1. The number of amides is 1. The summed E-state index contributed by atoms with van der Waals surface area (Å²) < 4.78 is 5.67. The highest BCUT2D eigenvalue weighted by atomic mass is 32.2. The van der Waals surface area contributed by atoms with Crippen molar-refractivity contribution in [1.82, 2.24) is 15.5 Å². The van der Waals surface area contributed by atoms with Gasteiger partial charge in [0.15, 0.2) is 0 Å². The Balaban J connectivity index is 1.45. The van der Waals surface area contributed by atoms with E-state index in [1.165, 1.54) is 17.3 Å². The summed E-state index contributed by atoms with van der Waals surface area (Å²) in [5.74, 6) is 0.703. The van der Waals surface area contributed by atoms with Crippen LogP contribution in [-0.2, 0) is 11.2 Å². The molecule has 1 amide bonds. The summed E-state index contributed by atoms with van der Waals surface area (Å²) in [5, 5.41) is 11.5. The Morgan fingerprint density at radius 1 is 1.11 bits per heavy atom. The molecule has 1 aromatic heterocycles. The van der Waals surface area contributed by atoms with E-state index in [-0.39, 0.29) is 17.7 Å². The van der Waals surface area contributed by atoms with Crippen LogP contribution in [0, 0.1) is 6.92 Å². The van der Waals surface area contributed by atoms with Crippen molar-refractivity contribution < 1.29 is 9.21 Å². The van der Waals surface area contributed by atoms with Gasteiger partial charge in [0.25, 0.3) is 5.22 Å². The van der Waals surface area contributed by atoms with E-state index >= 15 is 0 Å². The van der Waals surface area contributed by atoms with E-state index in [0.717, 1.165) is 24.0 Å². The van der Waals surface area contributed by atoms with Crippen molar-refractivity contribution in [3.8, 4) is 11.5 Å². The average Bonchev–Trinajstić information content (AvgIpc) is 3.15. The zero-order chi connectivity index (χ0) is 19.1. The quantitative estimate of drug-likeness (QED) is 0.590. The minimum atomic E-state index is -0.0313. The number of nitrogens with one attached hydrogen (secondary N) is 1. The number of carbonyl (C=O) groups is 1. The Hall–Kier alpha value is -2.60. The number of hydrogen-bond donors (Lipinski definition) is 1. The first kappa shape index (κ1) is 19.2. The maximum atomic E-state index is 12.1. The Kier molecular flexibility index (Phi) is 6.65. The molecule has 1 heterocycles. The first-order valence-electron chi connectivity index (χ1n) is 8.97. The number of thioether (sulfide) groups is 1. The Morgan fingerprint density at radius 2 is 1.85 bits per heavy atom. The van der Waals surface area contributed by atoms with Gasteiger partial charge in [0.1, 0.15) is 0 Å². The van der Waals surface area contributed by atoms with Gasteiger partial charge in [-0.05, 0) is 43.9 Å². The summed E-state index contributed by atoms with van der Waals surface area (Å²) in [6.45, 7) is 4.02. The van der Waals surface area contributed by atoms with E-state index in [2.05, 4.69) is 27.6 Å². The van der Waals surface area contributed by atoms with Crippen molar-refractivity contribution in [2.24, 2.45) is 0 Å². The van der Waals surface area contributed by atoms with Gasteiger partial charge in [-0.3, -0.25) is 4.79 Å². The third kappa shape index (κ3) is 5.69. The lowest BCUT2D eigenvalue weighted by Gasteiger charge is -2.13. The van der Waals surface area contributed by atoms with Crippen LogP contribution >= 0.6 is 11.8 Å². The van der Waals surface area contributed by atoms with Crippen molar-refractivity contribution in [2.75, 3.05) is 5.75 Å².